The van der Waals surface area contributed by atoms with E-state index in [1.165, 1.54) is 0 Å². The number of hydrogen-bond donors (Lipinski definition) is 2. The largest absolute Gasteiger partial charge is 0.351 e. The highest BCUT2D eigenvalue weighted by Crippen LogP contribution is 2.48. The van der Waals surface area contributed by atoms with Crippen LogP contribution in [0.3, 0.4) is 0 Å². The van der Waals surface area contributed by atoms with Crippen molar-refractivity contribution >= 4 is 5.91 Å². The Morgan fingerprint density at radius 1 is 1.33 bits per heavy atom. The minimum atomic E-state index is -0.287. The fraction of sp³-hybridized carbons (Fsp3) is 0.286. The summed E-state index contributed by atoms with van der Waals surface area (Å²) in [6.45, 7) is 0.532. The van der Waals surface area contributed by atoms with Gasteiger partial charge in [0.25, 0.3) is 0 Å². The fourth-order valence-electron chi connectivity index (χ4n) is 2.25. The summed E-state index contributed by atoms with van der Waals surface area (Å²) in [7, 11) is 0. The smallest absolute Gasteiger partial charge is 0.230 e. The molecule has 2 aromatic rings. The van der Waals surface area contributed by atoms with E-state index < -0.39 is 0 Å². The van der Waals surface area contributed by atoms with Crippen LogP contribution in [0.4, 0.5) is 0 Å². The van der Waals surface area contributed by atoms with Gasteiger partial charge < -0.3 is 5.32 Å². The van der Waals surface area contributed by atoms with Gasteiger partial charge in [-0.3, -0.25) is 9.89 Å². The summed E-state index contributed by atoms with van der Waals surface area (Å²) in [6.07, 6.45) is 5.40. The van der Waals surface area contributed by atoms with Gasteiger partial charge in [-0.15, -0.1) is 0 Å². The lowest BCUT2D eigenvalue weighted by molar-refractivity contribution is -0.123. The molecular formula is C14H15N3O. The molecule has 0 bridgehead atoms. The summed E-state index contributed by atoms with van der Waals surface area (Å²) < 4.78 is 0. The first-order chi connectivity index (χ1) is 8.81. The zero-order valence-electron chi connectivity index (χ0n) is 10.0. The summed E-state index contributed by atoms with van der Waals surface area (Å²) in [5, 5.41) is 9.59. The van der Waals surface area contributed by atoms with Gasteiger partial charge in [0.15, 0.2) is 0 Å². The van der Waals surface area contributed by atoms with Crippen LogP contribution in [0.5, 0.6) is 0 Å². The lowest BCUT2D eigenvalue weighted by Gasteiger charge is -2.15. The van der Waals surface area contributed by atoms with Crippen LogP contribution < -0.4 is 5.32 Å². The average molecular weight is 241 g/mol. The zero-order valence-corrected chi connectivity index (χ0v) is 10.0. The second-order valence-corrected chi connectivity index (χ2v) is 4.74. The molecule has 2 N–H and O–H groups in total. The van der Waals surface area contributed by atoms with E-state index in [1.807, 2.05) is 30.3 Å². The molecule has 1 heterocycles. The standard InChI is InChI=1S/C14H15N3O/c18-13(15-8-11-9-16-17-10-11)14(6-7-14)12-4-2-1-3-5-12/h1-5,9-10H,6-8H2,(H,15,18)(H,16,17). The van der Waals surface area contributed by atoms with Gasteiger partial charge in [-0.05, 0) is 18.4 Å². The third-order valence-electron chi connectivity index (χ3n) is 3.52. The Hall–Kier alpha value is -2.10. The number of nitrogens with one attached hydrogen (secondary N) is 2. The lowest BCUT2D eigenvalue weighted by atomic mass is 9.95. The SMILES string of the molecule is O=C(NCc1cn[nH]c1)C1(c2ccccc2)CC1. The first-order valence-electron chi connectivity index (χ1n) is 6.13. The highest BCUT2D eigenvalue weighted by atomic mass is 16.2. The Morgan fingerprint density at radius 3 is 2.72 bits per heavy atom. The number of amides is 1. The number of carbonyl (C=O) groups excluding carboxylic acids is 1. The minimum absolute atomic E-state index is 0.120. The Kier molecular flexibility index (Phi) is 2.63. The van der Waals surface area contributed by atoms with Crippen molar-refractivity contribution < 1.29 is 4.79 Å². The van der Waals surface area contributed by atoms with Crippen LogP contribution in [0.2, 0.25) is 0 Å². The third-order valence-corrected chi connectivity index (χ3v) is 3.52. The molecule has 0 atom stereocenters. The van der Waals surface area contributed by atoms with Gasteiger partial charge in [0.1, 0.15) is 0 Å². The molecule has 4 heteroatoms. The van der Waals surface area contributed by atoms with E-state index in [0.717, 1.165) is 24.0 Å². The maximum atomic E-state index is 12.3. The summed E-state index contributed by atoms with van der Waals surface area (Å²) in [6, 6.07) is 10.0. The quantitative estimate of drug-likeness (QED) is 0.857. The van der Waals surface area contributed by atoms with Crippen molar-refractivity contribution in [1.29, 1.82) is 0 Å². The van der Waals surface area contributed by atoms with Crippen LogP contribution in [0.1, 0.15) is 24.0 Å². The molecule has 0 aliphatic heterocycles. The first kappa shape index (κ1) is 11.0. The predicted molar refractivity (Wildman–Crippen MR) is 67.8 cm³/mol. The predicted octanol–water partition coefficient (Wildman–Crippen LogP) is 1.76. The van der Waals surface area contributed by atoms with Crippen LogP contribution >= 0.6 is 0 Å². The summed E-state index contributed by atoms with van der Waals surface area (Å²) in [4.78, 5) is 12.3. The van der Waals surface area contributed by atoms with Crippen molar-refractivity contribution in [2.45, 2.75) is 24.8 Å². The molecule has 1 aromatic carbocycles. The average Bonchev–Trinajstić information content (AvgIpc) is 3.07. The van der Waals surface area contributed by atoms with Gasteiger partial charge >= 0.3 is 0 Å². The van der Waals surface area contributed by atoms with Gasteiger partial charge in [-0.25, -0.2) is 0 Å². The van der Waals surface area contributed by atoms with Crippen molar-refractivity contribution in [3.05, 3.63) is 53.9 Å². The maximum absolute atomic E-state index is 12.3. The molecule has 1 amide bonds. The van der Waals surface area contributed by atoms with Crippen LogP contribution in [0, 0.1) is 0 Å². The number of rotatable bonds is 4. The number of carbonyl (C=O) groups is 1. The Morgan fingerprint density at radius 2 is 2.11 bits per heavy atom. The third kappa shape index (κ3) is 1.90. The molecule has 1 saturated carbocycles. The van der Waals surface area contributed by atoms with E-state index in [1.54, 1.807) is 12.4 Å². The van der Waals surface area contributed by atoms with E-state index in [-0.39, 0.29) is 11.3 Å². The van der Waals surface area contributed by atoms with Crippen molar-refractivity contribution in [3.8, 4) is 0 Å². The number of aromatic nitrogens is 2. The van der Waals surface area contributed by atoms with Gasteiger partial charge in [0.05, 0.1) is 11.6 Å². The molecule has 1 aliphatic rings. The van der Waals surface area contributed by atoms with Crippen molar-refractivity contribution in [1.82, 2.24) is 15.5 Å². The maximum Gasteiger partial charge on any atom is 0.230 e. The molecule has 1 aromatic heterocycles. The number of hydrogen-bond acceptors (Lipinski definition) is 2. The van der Waals surface area contributed by atoms with E-state index >= 15 is 0 Å². The van der Waals surface area contributed by atoms with Crippen LogP contribution in [-0.2, 0) is 16.8 Å². The van der Waals surface area contributed by atoms with Crippen molar-refractivity contribution in [2.24, 2.45) is 0 Å². The molecule has 4 nitrogen and oxygen atoms in total. The molecule has 92 valence electrons. The summed E-state index contributed by atoms with van der Waals surface area (Å²) in [5.41, 5.74) is 1.83. The topological polar surface area (TPSA) is 57.8 Å². The minimum Gasteiger partial charge on any atom is -0.351 e. The monoisotopic (exact) mass is 241 g/mol. The fourth-order valence-corrected chi connectivity index (χ4v) is 2.25. The van der Waals surface area contributed by atoms with Crippen molar-refractivity contribution in [3.63, 3.8) is 0 Å². The summed E-state index contributed by atoms with van der Waals surface area (Å²) in [5.74, 6) is 0.120. The van der Waals surface area contributed by atoms with E-state index in [4.69, 9.17) is 0 Å². The molecule has 0 unspecified atom stereocenters. The number of aromatic amines is 1. The lowest BCUT2D eigenvalue weighted by Crippen LogP contribution is -2.34. The highest BCUT2D eigenvalue weighted by molar-refractivity contribution is 5.91. The number of benzene rings is 1. The van der Waals surface area contributed by atoms with E-state index in [9.17, 15) is 4.79 Å². The molecule has 0 radical (unpaired) electrons. The molecule has 3 rings (SSSR count). The second kappa shape index (κ2) is 4.29. The highest BCUT2D eigenvalue weighted by Gasteiger charge is 2.50. The second-order valence-electron chi connectivity index (χ2n) is 4.74. The van der Waals surface area contributed by atoms with Crippen LogP contribution in [-0.4, -0.2) is 16.1 Å². The van der Waals surface area contributed by atoms with E-state index in [0.29, 0.717) is 6.54 Å². The Balaban J connectivity index is 1.69. The number of H-pyrrole nitrogens is 1. The van der Waals surface area contributed by atoms with Gasteiger partial charge in [-0.2, -0.15) is 5.10 Å². The van der Waals surface area contributed by atoms with Crippen molar-refractivity contribution in [2.75, 3.05) is 0 Å². The molecule has 0 saturated heterocycles. The molecule has 1 aliphatic carbocycles. The van der Waals surface area contributed by atoms with Gasteiger partial charge in [0, 0.05) is 18.3 Å². The number of nitrogens with zero attached hydrogens (tertiary/aromatic N) is 1. The Labute approximate surface area is 105 Å². The molecule has 1 fully saturated rings. The zero-order chi connectivity index (χ0) is 12.4. The molecular weight excluding hydrogens is 226 g/mol. The first-order valence-corrected chi connectivity index (χ1v) is 6.13. The summed E-state index contributed by atoms with van der Waals surface area (Å²) >= 11 is 0. The van der Waals surface area contributed by atoms with Gasteiger partial charge in [-0.1, -0.05) is 30.3 Å². The van der Waals surface area contributed by atoms with Gasteiger partial charge in [0.2, 0.25) is 5.91 Å². The Bertz CT molecular complexity index is 529. The molecule has 18 heavy (non-hydrogen) atoms. The van der Waals surface area contributed by atoms with E-state index in [2.05, 4.69) is 15.5 Å². The van der Waals surface area contributed by atoms with Crippen LogP contribution in [0.25, 0.3) is 0 Å². The molecule has 0 spiro atoms. The normalized spacial score (nSPS) is 16.2. The van der Waals surface area contributed by atoms with Crippen LogP contribution in [0.15, 0.2) is 42.7 Å².